The van der Waals surface area contributed by atoms with Crippen molar-refractivity contribution in [2.75, 3.05) is 28.6 Å². The Morgan fingerprint density at radius 1 is 0.857 bits per heavy atom. The highest BCUT2D eigenvalue weighted by molar-refractivity contribution is 5.94. The maximum absolute atomic E-state index is 4.96. The van der Waals surface area contributed by atoms with Crippen molar-refractivity contribution in [3.05, 3.63) is 90.9 Å². The predicted molar refractivity (Wildman–Crippen MR) is 173 cm³/mol. The highest BCUT2D eigenvalue weighted by Gasteiger charge is 2.24. The molecule has 0 bridgehead atoms. The van der Waals surface area contributed by atoms with Crippen LogP contribution in [0.25, 0.3) is 22.2 Å². The van der Waals surface area contributed by atoms with Gasteiger partial charge in [-0.15, -0.1) is 0 Å². The molecule has 0 spiro atoms. The summed E-state index contributed by atoms with van der Waals surface area (Å²) >= 11 is 0. The van der Waals surface area contributed by atoms with Crippen LogP contribution in [-0.4, -0.2) is 44.6 Å². The summed E-state index contributed by atoms with van der Waals surface area (Å²) in [6.07, 6.45) is 7.57. The fourth-order valence-electron chi connectivity index (χ4n) is 5.60. The number of nitrogens with one attached hydrogen (secondary N) is 3. The Bertz CT molecular complexity index is 1670. The van der Waals surface area contributed by atoms with Crippen molar-refractivity contribution in [3.8, 4) is 11.3 Å². The van der Waals surface area contributed by atoms with E-state index in [1.54, 1.807) is 18.6 Å². The molecule has 2 aromatic carbocycles. The number of anilines is 5. The fourth-order valence-corrected chi connectivity index (χ4v) is 5.60. The molecule has 214 valence electrons. The Kier molecular flexibility index (Phi) is 7.71. The maximum atomic E-state index is 4.96. The van der Waals surface area contributed by atoms with Gasteiger partial charge in [-0.25, -0.2) is 15.0 Å². The van der Waals surface area contributed by atoms with Gasteiger partial charge in [0.25, 0.3) is 0 Å². The number of hydrogen-bond acceptors (Lipinski definition) is 8. The average Bonchev–Trinajstić information content (AvgIpc) is 2.98. The van der Waals surface area contributed by atoms with Crippen LogP contribution in [0.5, 0.6) is 0 Å². The number of piperidine rings is 1. The molecule has 0 saturated carbocycles. The Labute approximate surface area is 247 Å². The van der Waals surface area contributed by atoms with E-state index in [0.29, 0.717) is 12.0 Å². The van der Waals surface area contributed by atoms with Crippen LogP contribution in [-0.2, 0) is 0 Å². The molecular formula is C34H38N8. The van der Waals surface area contributed by atoms with Gasteiger partial charge in [0, 0.05) is 77.3 Å². The lowest BCUT2D eigenvalue weighted by Crippen LogP contribution is -2.49. The third kappa shape index (κ3) is 6.50. The van der Waals surface area contributed by atoms with Gasteiger partial charge in [-0.3, -0.25) is 4.98 Å². The number of para-hydroxylation sites is 1. The Morgan fingerprint density at radius 2 is 1.69 bits per heavy atom. The molecule has 3 N–H and O–H groups in total. The first kappa shape index (κ1) is 27.6. The number of aryl methyl sites for hydroxylation is 1. The van der Waals surface area contributed by atoms with Gasteiger partial charge in [0.2, 0.25) is 5.95 Å². The third-order valence-electron chi connectivity index (χ3n) is 7.53. The second-order valence-corrected chi connectivity index (χ2v) is 12.0. The fraction of sp³-hybridized carbons (Fsp3) is 0.294. The van der Waals surface area contributed by atoms with E-state index >= 15 is 0 Å². The van der Waals surface area contributed by atoms with E-state index < -0.39 is 0 Å². The van der Waals surface area contributed by atoms with Crippen LogP contribution in [0.4, 0.5) is 28.8 Å². The second kappa shape index (κ2) is 11.7. The van der Waals surface area contributed by atoms with E-state index in [-0.39, 0.29) is 5.54 Å². The first-order chi connectivity index (χ1) is 20.3. The summed E-state index contributed by atoms with van der Waals surface area (Å²) in [7, 11) is 0. The van der Waals surface area contributed by atoms with Gasteiger partial charge in [0.1, 0.15) is 5.82 Å². The lowest BCUT2D eigenvalue weighted by Gasteiger charge is -2.37. The number of rotatable bonds is 7. The molecule has 6 rings (SSSR count). The van der Waals surface area contributed by atoms with Gasteiger partial charge in [0.05, 0.1) is 11.2 Å². The zero-order valence-corrected chi connectivity index (χ0v) is 24.7. The average molecular weight is 559 g/mol. The summed E-state index contributed by atoms with van der Waals surface area (Å²) in [6.45, 7) is 10.8. The molecule has 1 aliphatic rings. The molecule has 0 aliphatic carbocycles. The number of benzene rings is 2. The lowest BCUT2D eigenvalue weighted by atomic mass is 9.99. The molecule has 4 heterocycles. The van der Waals surface area contributed by atoms with E-state index in [2.05, 4.69) is 106 Å². The maximum Gasteiger partial charge on any atom is 0.227 e. The molecule has 0 amide bonds. The van der Waals surface area contributed by atoms with Crippen LogP contribution in [0.15, 0.2) is 85.3 Å². The van der Waals surface area contributed by atoms with E-state index in [4.69, 9.17) is 4.98 Å². The monoisotopic (exact) mass is 558 g/mol. The van der Waals surface area contributed by atoms with E-state index in [1.165, 1.54) is 11.1 Å². The molecule has 1 saturated heterocycles. The minimum absolute atomic E-state index is 0.132. The molecular weight excluding hydrogens is 520 g/mol. The molecule has 0 atom stereocenters. The van der Waals surface area contributed by atoms with Gasteiger partial charge < -0.3 is 20.9 Å². The number of pyridine rings is 2. The zero-order valence-electron chi connectivity index (χ0n) is 24.7. The van der Waals surface area contributed by atoms with Crippen molar-refractivity contribution in [3.63, 3.8) is 0 Å². The van der Waals surface area contributed by atoms with Gasteiger partial charge in [-0.1, -0.05) is 18.2 Å². The molecule has 1 fully saturated rings. The minimum Gasteiger partial charge on any atom is -0.371 e. The predicted octanol–water partition coefficient (Wildman–Crippen LogP) is 7.24. The lowest BCUT2D eigenvalue weighted by molar-refractivity contribution is 0.317. The molecule has 0 unspecified atom stereocenters. The summed E-state index contributed by atoms with van der Waals surface area (Å²) in [5.74, 6) is 1.38. The quantitative estimate of drug-likeness (QED) is 0.193. The molecule has 3 aromatic heterocycles. The molecule has 5 aromatic rings. The van der Waals surface area contributed by atoms with Crippen LogP contribution in [0.3, 0.4) is 0 Å². The Hall–Kier alpha value is -4.56. The topological polar surface area (TPSA) is 90.9 Å². The van der Waals surface area contributed by atoms with Crippen molar-refractivity contribution in [1.29, 1.82) is 0 Å². The number of fused-ring (bicyclic) bond motifs is 1. The van der Waals surface area contributed by atoms with E-state index in [9.17, 15) is 0 Å². The van der Waals surface area contributed by atoms with Crippen LogP contribution < -0.4 is 20.9 Å². The van der Waals surface area contributed by atoms with Crippen molar-refractivity contribution < 1.29 is 0 Å². The zero-order chi connectivity index (χ0) is 29.1. The van der Waals surface area contributed by atoms with E-state index in [1.807, 2.05) is 24.3 Å². The molecule has 1 aliphatic heterocycles. The van der Waals surface area contributed by atoms with Gasteiger partial charge in [-0.2, -0.15) is 0 Å². The third-order valence-corrected chi connectivity index (χ3v) is 7.53. The second-order valence-electron chi connectivity index (χ2n) is 12.0. The van der Waals surface area contributed by atoms with Crippen molar-refractivity contribution >= 4 is 39.7 Å². The first-order valence-corrected chi connectivity index (χ1v) is 14.6. The summed E-state index contributed by atoms with van der Waals surface area (Å²) in [4.78, 5) is 20.8. The minimum atomic E-state index is 0.132. The van der Waals surface area contributed by atoms with E-state index in [0.717, 1.165) is 65.5 Å². The highest BCUT2D eigenvalue weighted by atomic mass is 15.2. The number of hydrogen-bond donors (Lipinski definition) is 3. The highest BCUT2D eigenvalue weighted by Crippen LogP contribution is 2.33. The van der Waals surface area contributed by atoms with Crippen LogP contribution in [0.1, 0.15) is 39.2 Å². The smallest absolute Gasteiger partial charge is 0.227 e. The number of nitrogens with zero attached hydrogens (tertiary/aromatic N) is 5. The number of aromatic nitrogens is 4. The molecule has 0 radical (unpaired) electrons. The summed E-state index contributed by atoms with van der Waals surface area (Å²) < 4.78 is 0. The molecule has 8 heteroatoms. The van der Waals surface area contributed by atoms with Gasteiger partial charge in [-0.05, 0) is 88.6 Å². The van der Waals surface area contributed by atoms with Crippen LogP contribution in [0.2, 0.25) is 0 Å². The van der Waals surface area contributed by atoms with Crippen molar-refractivity contribution in [1.82, 2.24) is 25.3 Å². The molecule has 42 heavy (non-hydrogen) atoms. The van der Waals surface area contributed by atoms with Gasteiger partial charge >= 0.3 is 0 Å². The first-order valence-electron chi connectivity index (χ1n) is 14.6. The standard InChI is InChI=1S/C34H38N8/c1-23-20-26(11-12-28(23)39-33-36-17-13-29(40-33)24-8-7-16-35-22-24)37-32-21-31(27-9-5-6-10-30(27)38-32)42-18-14-25(15-19-42)41-34(2,3)4/h5-13,16-17,20-22,25,41H,14-15,18-19H2,1-4H3,(H,37,38)(H,36,39,40). The summed E-state index contributed by atoms with van der Waals surface area (Å²) in [5, 5.41) is 11.9. The van der Waals surface area contributed by atoms with Crippen LogP contribution >= 0.6 is 0 Å². The Morgan fingerprint density at radius 3 is 2.45 bits per heavy atom. The summed E-state index contributed by atoms with van der Waals surface area (Å²) in [6, 6.07) is 23.2. The van der Waals surface area contributed by atoms with Crippen molar-refractivity contribution in [2.24, 2.45) is 0 Å². The Balaban J connectivity index is 1.20. The summed E-state index contributed by atoms with van der Waals surface area (Å²) in [5.41, 5.74) is 7.13. The van der Waals surface area contributed by atoms with Crippen molar-refractivity contribution in [2.45, 2.75) is 52.1 Å². The van der Waals surface area contributed by atoms with Crippen LogP contribution in [0, 0.1) is 6.92 Å². The SMILES string of the molecule is Cc1cc(Nc2cc(N3CCC(NC(C)(C)C)CC3)c3ccccc3n2)ccc1Nc1nccc(-c2cccnc2)n1. The molecule has 8 nitrogen and oxygen atoms in total. The largest absolute Gasteiger partial charge is 0.371 e. The normalized spacial score (nSPS) is 14.2. The van der Waals surface area contributed by atoms with Gasteiger partial charge in [0.15, 0.2) is 0 Å².